The van der Waals surface area contributed by atoms with Gasteiger partial charge in [0.05, 0.1) is 11.4 Å². The van der Waals surface area contributed by atoms with Crippen LogP contribution in [0, 0.1) is 0 Å². The molecule has 0 bridgehead atoms. The van der Waals surface area contributed by atoms with E-state index >= 15 is 0 Å². The molecule has 0 atom stereocenters. The third kappa shape index (κ3) is 3.06. The molecule has 7 heteroatoms. The summed E-state index contributed by atoms with van der Waals surface area (Å²) in [6.07, 6.45) is 2.58. The Balaban J connectivity index is 0.000000205. The molecule has 0 aliphatic carbocycles. The van der Waals surface area contributed by atoms with Crippen molar-refractivity contribution in [2.45, 2.75) is 17.7 Å². The molecule has 2 heterocycles. The van der Waals surface area contributed by atoms with Crippen LogP contribution in [0.15, 0.2) is 29.2 Å². The first kappa shape index (κ1) is 15.1. The van der Waals surface area contributed by atoms with Gasteiger partial charge in [-0.1, -0.05) is 12.1 Å². The average Bonchev–Trinajstić information content (AvgIpc) is 2.89. The van der Waals surface area contributed by atoms with E-state index in [4.69, 9.17) is 5.84 Å². The lowest BCUT2D eigenvalue weighted by Gasteiger charge is -2.23. The Morgan fingerprint density at radius 1 is 1.15 bits per heavy atom. The van der Waals surface area contributed by atoms with Gasteiger partial charge in [0.25, 0.3) is 0 Å². The van der Waals surface area contributed by atoms with E-state index in [1.54, 1.807) is 18.2 Å². The van der Waals surface area contributed by atoms with Gasteiger partial charge in [0.15, 0.2) is 5.78 Å². The zero-order valence-corrected chi connectivity index (χ0v) is 12.3. The number of benzene rings is 1. The molecule has 1 saturated heterocycles. The Morgan fingerprint density at radius 2 is 1.75 bits per heavy atom. The van der Waals surface area contributed by atoms with Crippen molar-refractivity contribution in [1.82, 2.24) is 9.31 Å². The van der Waals surface area contributed by atoms with Crippen LogP contribution in [0.2, 0.25) is 0 Å². The predicted octanol–water partition coefficient (Wildman–Crippen LogP) is 0.459. The molecule has 0 saturated carbocycles. The topological polar surface area (TPSA) is 83.7 Å². The largest absolute Gasteiger partial charge is 0.293 e. The minimum Gasteiger partial charge on any atom is -0.293 e. The van der Waals surface area contributed by atoms with Crippen LogP contribution in [0.4, 0.5) is 0 Å². The second-order valence-electron chi connectivity index (χ2n) is 4.92. The maximum Gasteiger partial charge on any atom is 0.243 e. The number of hydrazine groups is 1. The highest BCUT2D eigenvalue weighted by Gasteiger charge is 2.32. The molecule has 0 amide bonds. The Bertz CT molecular complexity index is 595. The maximum absolute atomic E-state index is 11.7. The molecule has 2 aliphatic heterocycles. The van der Waals surface area contributed by atoms with Crippen molar-refractivity contribution in [3.8, 4) is 0 Å². The van der Waals surface area contributed by atoms with Crippen LogP contribution in [0.5, 0.6) is 0 Å². The summed E-state index contributed by atoms with van der Waals surface area (Å²) in [5.74, 6) is 5.21. The molecule has 6 nitrogen and oxygen atoms in total. The number of carbonyl (C=O) groups is 1. The van der Waals surface area contributed by atoms with Gasteiger partial charge < -0.3 is 0 Å². The molecule has 1 aromatic carbocycles. The number of nitrogens with two attached hydrogens (primary N) is 1. The summed E-state index contributed by atoms with van der Waals surface area (Å²) in [6, 6.07) is 6.28. The van der Waals surface area contributed by atoms with Gasteiger partial charge in [-0.05, 0) is 25.0 Å². The normalized spacial score (nSPS) is 22.0. The van der Waals surface area contributed by atoms with E-state index in [0.29, 0.717) is 5.56 Å². The molecule has 1 aromatic rings. The minimum atomic E-state index is -3.44. The van der Waals surface area contributed by atoms with Crippen molar-refractivity contribution >= 4 is 15.8 Å². The van der Waals surface area contributed by atoms with Crippen molar-refractivity contribution in [2.75, 3.05) is 26.7 Å². The zero-order chi connectivity index (χ0) is 14.8. The fraction of sp³-hybridized carbons (Fsp3) is 0.462. The molecule has 110 valence electrons. The summed E-state index contributed by atoms with van der Waals surface area (Å²) < 4.78 is 24.5. The number of ketones is 1. The van der Waals surface area contributed by atoms with Crippen LogP contribution in [-0.4, -0.2) is 50.2 Å². The number of nitrogens with zero attached hydrogens (tertiary/aromatic N) is 2. The first-order valence-electron chi connectivity index (χ1n) is 6.51. The average molecular weight is 297 g/mol. The van der Waals surface area contributed by atoms with E-state index in [9.17, 15) is 13.2 Å². The lowest BCUT2D eigenvalue weighted by atomic mass is 10.1. The fourth-order valence-electron chi connectivity index (χ4n) is 2.20. The van der Waals surface area contributed by atoms with Gasteiger partial charge in [0.1, 0.15) is 0 Å². The zero-order valence-electron chi connectivity index (χ0n) is 11.4. The predicted molar refractivity (Wildman–Crippen MR) is 75.6 cm³/mol. The molecule has 2 aliphatic rings. The van der Waals surface area contributed by atoms with Crippen LogP contribution in [0.25, 0.3) is 0 Å². The van der Waals surface area contributed by atoms with Crippen LogP contribution in [0.1, 0.15) is 23.2 Å². The Morgan fingerprint density at radius 3 is 2.30 bits per heavy atom. The lowest BCUT2D eigenvalue weighted by Crippen LogP contribution is -2.37. The van der Waals surface area contributed by atoms with Crippen LogP contribution < -0.4 is 5.84 Å². The number of likely N-dealkylation sites (N-methyl/N-ethyl adjacent to an activating group) is 1. The first-order chi connectivity index (χ1) is 9.43. The molecule has 3 rings (SSSR count). The SMILES string of the molecule is CN1CC(=O)c2ccccc2S1(=O)=O.NN1CCCC1. The number of fused-ring (bicyclic) bond motifs is 1. The highest BCUT2D eigenvalue weighted by molar-refractivity contribution is 7.89. The molecule has 0 radical (unpaired) electrons. The van der Waals surface area contributed by atoms with Gasteiger partial charge in [-0.25, -0.2) is 13.4 Å². The Hall–Kier alpha value is -1.28. The smallest absolute Gasteiger partial charge is 0.243 e. The maximum atomic E-state index is 11.7. The van der Waals surface area contributed by atoms with Gasteiger partial charge in [-0.2, -0.15) is 4.31 Å². The third-order valence-corrected chi connectivity index (χ3v) is 5.24. The summed E-state index contributed by atoms with van der Waals surface area (Å²) in [5, 5.41) is 1.86. The number of sulfonamides is 1. The summed E-state index contributed by atoms with van der Waals surface area (Å²) in [6.45, 7) is 2.12. The second-order valence-corrected chi connectivity index (χ2v) is 6.94. The molecule has 20 heavy (non-hydrogen) atoms. The fourth-order valence-corrected chi connectivity index (χ4v) is 3.54. The standard InChI is InChI=1S/C9H9NO3S.C4H10N2/c1-10-6-8(11)7-4-2-3-5-9(7)14(10,12)13;5-6-3-1-2-4-6/h2-5H,6H2,1H3;1-5H2. The number of rotatable bonds is 0. The highest BCUT2D eigenvalue weighted by Crippen LogP contribution is 2.24. The van der Waals surface area contributed by atoms with Gasteiger partial charge >= 0.3 is 0 Å². The van der Waals surface area contributed by atoms with Crippen molar-refractivity contribution < 1.29 is 13.2 Å². The van der Waals surface area contributed by atoms with E-state index in [1.807, 2.05) is 5.01 Å². The number of carbonyl (C=O) groups excluding carboxylic acids is 1. The summed E-state index contributed by atoms with van der Waals surface area (Å²) in [5.41, 5.74) is 0.297. The van der Waals surface area contributed by atoms with Gasteiger partial charge in [-0.3, -0.25) is 10.6 Å². The summed E-state index contributed by atoms with van der Waals surface area (Å²) >= 11 is 0. The first-order valence-corrected chi connectivity index (χ1v) is 7.95. The quantitative estimate of drug-likeness (QED) is 0.703. The summed E-state index contributed by atoms with van der Waals surface area (Å²) in [7, 11) is -2.04. The van der Waals surface area contributed by atoms with Crippen molar-refractivity contribution in [1.29, 1.82) is 0 Å². The molecule has 2 N–H and O–H groups in total. The number of hydrogen-bond acceptors (Lipinski definition) is 5. The lowest BCUT2D eigenvalue weighted by molar-refractivity contribution is 0.0963. The Labute approximate surface area is 119 Å². The molecule has 0 unspecified atom stereocenters. The molecule has 0 aromatic heterocycles. The molecular formula is C13H19N3O3S. The van der Waals surface area contributed by atoms with Crippen LogP contribution >= 0.6 is 0 Å². The van der Waals surface area contributed by atoms with Crippen molar-refractivity contribution in [2.24, 2.45) is 5.84 Å². The molecule has 1 fully saturated rings. The van der Waals surface area contributed by atoms with Gasteiger partial charge in [-0.15, -0.1) is 0 Å². The van der Waals surface area contributed by atoms with Gasteiger partial charge in [0.2, 0.25) is 10.0 Å². The van der Waals surface area contributed by atoms with Crippen molar-refractivity contribution in [3.05, 3.63) is 29.8 Å². The summed E-state index contributed by atoms with van der Waals surface area (Å²) in [4.78, 5) is 11.6. The van der Waals surface area contributed by atoms with E-state index in [1.165, 1.54) is 26.0 Å². The second kappa shape index (κ2) is 6.01. The number of Topliss-reactive ketones (excluding diaryl/α,β-unsaturated/α-hetero) is 1. The van der Waals surface area contributed by atoms with E-state index in [2.05, 4.69) is 0 Å². The highest BCUT2D eigenvalue weighted by atomic mass is 32.2. The monoisotopic (exact) mass is 297 g/mol. The molecule has 0 spiro atoms. The molecular weight excluding hydrogens is 278 g/mol. The third-order valence-electron chi connectivity index (χ3n) is 3.38. The minimum absolute atomic E-state index is 0.0701. The van der Waals surface area contributed by atoms with Gasteiger partial charge in [0, 0.05) is 25.7 Å². The Kier molecular flexibility index (Phi) is 4.54. The number of hydrogen-bond donors (Lipinski definition) is 1. The van der Waals surface area contributed by atoms with E-state index in [-0.39, 0.29) is 17.2 Å². The van der Waals surface area contributed by atoms with Crippen molar-refractivity contribution in [3.63, 3.8) is 0 Å². The van der Waals surface area contributed by atoms with E-state index in [0.717, 1.165) is 17.4 Å². The van der Waals surface area contributed by atoms with E-state index < -0.39 is 10.0 Å². The van der Waals surface area contributed by atoms with Crippen LogP contribution in [0.3, 0.4) is 0 Å². The van der Waals surface area contributed by atoms with Crippen LogP contribution in [-0.2, 0) is 10.0 Å².